The fourth-order valence-electron chi connectivity index (χ4n) is 7.36. The highest BCUT2D eigenvalue weighted by atomic mass is 16.4. The highest BCUT2D eigenvalue weighted by molar-refractivity contribution is 6.00. The Morgan fingerprint density at radius 3 is 1.05 bits per heavy atom. The largest absolute Gasteiger partial charge is 0.481 e. The summed E-state index contributed by atoms with van der Waals surface area (Å²) in [6.45, 7) is 6.68. The lowest BCUT2D eigenvalue weighted by atomic mass is 10.0. The second-order valence-electron chi connectivity index (χ2n) is 19.8. The SMILES string of the molecule is CC(C)C[C@H](NC(=O)[C@H](CCC(=O)O)NC(=O)[C@H](CCCN=C(N)N)NC(=O)[C@H](CCCN=C(N)N)NC(=O)[C@H](C)NC(=O)[C@H](CCCN=C(N)N)NC(=O)[C@H](CC(N)=O)NC(=O)[C@H](CC(N)=O)NC(=O)[C@@H](NC(=O)[C@H](C)N)[C@@H](C)O)C(=O)O. The lowest BCUT2D eigenvalue weighted by molar-refractivity contribution is -0.143. The second kappa shape index (κ2) is 38.5. The third-order valence-corrected chi connectivity index (χ3v) is 11.6. The van der Waals surface area contributed by atoms with Gasteiger partial charge in [0.25, 0.3) is 0 Å². The van der Waals surface area contributed by atoms with E-state index in [9.17, 15) is 77.6 Å². The molecule has 0 unspecified atom stereocenters. The standard InChI is InChI=1S/C47H85N21O16/c1-20(2)17-30(44(83)84)67-40(79)27(12-13-33(72)73)64-39(78)26(11-8-16-59-47(55)56)62-38(77)25(10-7-15-58-46(53)54)61-36(75)22(4)60-37(76)24(9-6-14-57-45(51)52)63-41(80)28(18-31(49)70)65-42(81)29(19-32(50)71)66-43(82)34(23(5)69)68-35(74)21(3)48/h20-30,34,69H,6-19,48H2,1-5H3,(H2,49,70)(H2,50,71)(H,60,76)(H,61,75)(H,62,77)(H,63,80)(H,64,78)(H,65,81)(H,66,82)(H,67,79)(H,68,74)(H,72,73)(H,83,84)(H4,51,52,57)(H4,53,54,58)(H4,55,56,59)/t21-,22-,23+,24-,25-,26-,27-,28-,29-,30-,34-/m0/s1. The predicted molar refractivity (Wildman–Crippen MR) is 300 cm³/mol. The first-order chi connectivity index (χ1) is 39.1. The van der Waals surface area contributed by atoms with Gasteiger partial charge in [0.15, 0.2) is 17.9 Å². The molecule has 11 atom stereocenters. The number of carboxylic acids is 2. The van der Waals surface area contributed by atoms with Crippen molar-refractivity contribution in [2.45, 2.75) is 172 Å². The third kappa shape index (κ3) is 31.7. The molecule has 0 spiro atoms. The Kier molecular flexibility index (Phi) is 34.3. The molecule has 84 heavy (non-hydrogen) atoms. The number of nitrogens with one attached hydrogen (secondary N) is 9. The van der Waals surface area contributed by atoms with Crippen LogP contribution in [0.15, 0.2) is 15.0 Å². The molecule has 0 bridgehead atoms. The number of amides is 11. The molecule has 0 radical (unpaired) electrons. The average molecular weight is 1200 g/mol. The highest BCUT2D eigenvalue weighted by Gasteiger charge is 2.36. The molecule has 0 aliphatic rings. The molecular formula is C47H85N21O16. The second-order valence-corrected chi connectivity index (χ2v) is 19.8. The zero-order valence-corrected chi connectivity index (χ0v) is 47.5. The van der Waals surface area contributed by atoms with Crippen LogP contribution in [0.2, 0.25) is 0 Å². The number of rotatable bonds is 41. The summed E-state index contributed by atoms with van der Waals surface area (Å²) in [6.07, 6.45) is -5.44. The summed E-state index contributed by atoms with van der Waals surface area (Å²) in [5, 5.41) is 50.2. The van der Waals surface area contributed by atoms with E-state index in [-0.39, 0.29) is 88.4 Å². The molecule has 37 heteroatoms. The number of hydrogen-bond acceptors (Lipinski definition) is 18. The van der Waals surface area contributed by atoms with Gasteiger partial charge < -0.3 is 115 Å². The number of aliphatic hydroxyl groups excluding tert-OH is 1. The van der Waals surface area contributed by atoms with Gasteiger partial charge in [0.1, 0.15) is 54.4 Å². The van der Waals surface area contributed by atoms with Crippen LogP contribution in [0.1, 0.15) is 105 Å². The monoisotopic (exact) mass is 1200 g/mol. The molecule has 0 fully saturated rings. The average Bonchev–Trinajstić information content (AvgIpc) is 3.50. The van der Waals surface area contributed by atoms with Gasteiger partial charge in [0.05, 0.1) is 25.0 Å². The Morgan fingerprint density at radius 2 is 0.726 bits per heavy atom. The van der Waals surface area contributed by atoms with Gasteiger partial charge in [-0.25, -0.2) is 4.79 Å². The minimum Gasteiger partial charge on any atom is -0.481 e. The number of nitrogens with two attached hydrogens (primary N) is 9. The fourth-order valence-corrected chi connectivity index (χ4v) is 7.36. The first kappa shape index (κ1) is 74.8. The number of aliphatic carboxylic acids is 2. The lowest BCUT2D eigenvalue weighted by Gasteiger charge is -2.27. The molecule has 30 N–H and O–H groups in total. The van der Waals surface area contributed by atoms with Crippen molar-refractivity contribution in [2.75, 3.05) is 19.6 Å². The Bertz CT molecular complexity index is 2390. The predicted octanol–water partition coefficient (Wildman–Crippen LogP) is -10.00. The number of aliphatic hydroxyl groups is 1. The molecule has 11 amide bonds. The molecule has 0 saturated carbocycles. The quantitative estimate of drug-likeness (QED) is 0.0154. The molecule has 0 aromatic carbocycles. The van der Waals surface area contributed by atoms with Gasteiger partial charge in [-0.15, -0.1) is 0 Å². The van der Waals surface area contributed by atoms with Crippen molar-refractivity contribution < 1.29 is 77.6 Å². The van der Waals surface area contributed by atoms with Crippen LogP contribution >= 0.6 is 0 Å². The Hall–Kier alpha value is -9.16. The van der Waals surface area contributed by atoms with E-state index in [0.29, 0.717) is 0 Å². The topological polar surface area (TPSA) is 662 Å². The van der Waals surface area contributed by atoms with Gasteiger partial charge in [-0.3, -0.25) is 72.5 Å². The summed E-state index contributed by atoms with van der Waals surface area (Å²) in [5.41, 5.74) is 49.0. The molecule has 0 rings (SSSR count). The molecule has 0 saturated heterocycles. The van der Waals surface area contributed by atoms with Gasteiger partial charge in [0, 0.05) is 26.1 Å². The number of nitrogens with zero attached hydrogens (tertiary/aromatic N) is 3. The first-order valence-electron chi connectivity index (χ1n) is 26.4. The molecule has 0 heterocycles. The van der Waals surface area contributed by atoms with E-state index < -0.39 is 169 Å². The summed E-state index contributed by atoms with van der Waals surface area (Å²) in [6, 6.07) is -16.1. The van der Waals surface area contributed by atoms with Crippen molar-refractivity contribution in [3.8, 4) is 0 Å². The van der Waals surface area contributed by atoms with Gasteiger partial charge >= 0.3 is 11.9 Å². The van der Waals surface area contributed by atoms with Crippen LogP contribution in [-0.4, -0.2) is 196 Å². The molecule has 0 aromatic rings. The number of carbonyl (C=O) groups excluding carboxylic acids is 11. The molecule has 0 aromatic heterocycles. The van der Waals surface area contributed by atoms with Crippen molar-refractivity contribution in [1.29, 1.82) is 0 Å². The van der Waals surface area contributed by atoms with Gasteiger partial charge in [-0.1, -0.05) is 13.8 Å². The Labute approximate surface area is 483 Å². The summed E-state index contributed by atoms with van der Waals surface area (Å²) >= 11 is 0. The van der Waals surface area contributed by atoms with E-state index in [1.807, 2.05) is 0 Å². The maximum absolute atomic E-state index is 14.2. The van der Waals surface area contributed by atoms with Gasteiger partial charge in [-0.05, 0) is 78.1 Å². The summed E-state index contributed by atoms with van der Waals surface area (Å²) in [4.78, 5) is 182. The minimum atomic E-state index is -1.94. The van der Waals surface area contributed by atoms with Crippen LogP contribution in [0.4, 0.5) is 0 Å². The fraction of sp³-hybridized carbons (Fsp3) is 0.660. The summed E-state index contributed by atoms with van der Waals surface area (Å²) in [7, 11) is 0. The van der Waals surface area contributed by atoms with E-state index in [4.69, 9.17) is 51.6 Å². The van der Waals surface area contributed by atoms with Gasteiger partial charge in [0.2, 0.25) is 65.0 Å². The van der Waals surface area contributed by atoms with Crippen molar-refractivity contribution >= 4 is 94.8 Å². The zero-order valence-electron chi connectivity index (χ0n) is 47.5. The number of carbonyl (C=O) groups is 13. The maximum atomic E-state index is 14.2. The third-order valence-electron chi connectivity index (χ3n) is 11.6. The normalized spacial score (nSPS) is 14.8. The van der Waals surface area contributed by atoms with Gasteiger partial charge in [-0.2, -0.15) is 0 Å². The highest BCUT2D eigenvalue weighted by Crippen LogP contribution is 2.11. The number of hydrogen-bond donors (Lipinski definition) is 21. The van der Waals surface area contributed by atoms with Crippen LogP contribution in [0.3, 0.4) is 0 Å². The minimum absolute atomic E-state index is 0.00814. The van der Waals surface area contributed by atoms with E-state index in [1.54, 1.807) is 13.8 Å². The van der Waals surface area contributed by atoms with E-state index in [1.165, 1.54) is 13.8 Å². The molecule has 37 nitrogen and oxygen atoms in total. The van der Waals surface area contributed by atoms with Crippen LogP contribution in [-0.2, 0) is 62.3 Å². The number of primary amides is 2. The number of guanidine groups is 3. The smallest absolute Gasteiger partial charge is 0.326 e. The van der Waals surface area contributed by atoms with E-state index >= 15 is 0 Å². The van der Waals surface area contributed by atoms with Crippen LogP contribution in [0, 0.1) is 5.92 Å². The molecule has 0 aliphatic carbocycles. The number of aliphatic imine (C=N–C) groups is 3. The van der Waals surface area contributed by atoms with Crippen molar-refractivity contribution in [1.82, 2.24) is 47.9 Å². The molecule has 0 aliphatic heterocycles. The van der Waals surface area contributed by atoms with E-state index in [2.05, 4.69) is 62.8 Å². The molecule has 474 valence electrons. The maximum Gasteiger partial charge on any atom is 0.326 e. The zero-order chi connectivity index (χ0) is 64.6. The van der Waals surface area contributed by atoms with Crippen LogP contribution in [0.5, 0.6) is 0 Å². The van der Waals surface area contributed by atoms with Crippen LogP contribution < -0.4 is 99.5 Å². The lowest BCUT2D eigenvalue weighted by Crippen LogP contribution is -2.61. The van der Waals surface area contributed by atoms with Crippen LogP contribution in [0.25, 0.3) is 0 Å². The summed E-state index contributed by atoms with van der Waals surface area (Å²) < 4.78 is 0. The molecular weight excluding hydrogens is 1110 g/mol. The van der Waals surface area contributed by atoms with Crippen molar-refractivity contribution in [3.05, 3.63) is 0 Å². The van der Waals surface area contributed by atoms with Crippen molar-refractivity contribution in [2.24, 2.45) is 72.5 Å². The Balaban J connectivity index is 7.03. The van der Waals surface area contributed by atoms with Crippen molar-refractivity contribution in [3.63, 3.8) is 0 Å². The number of carboxylic acid groups (broad SMARTS) is 2. The summed E-state index contributed by atoms with van der Waals surface area (Å²) in [5.74, 6) is -16.2. The first-order valence-corrected chi connectivity index (χ1v) is 26.4. The Morgan fingerprint density at radius 1 is 0.405 bits per heavy atom. The van der Waals surface area contributed by atoms with E-state index in [0.717, 1.165) is 6.92 Å².